The van der Waals surface area contributed by atoms with E-state index in [-0.39, 0.29) is 60.1 Å². The van der Waals surface area contributed by atoms with Crippen LogP contribution in [0.1, 0.15) is 44.9 Å². The Bertz CT molecular complexity index is 750. The van der Waals surface area contributed by atoms with Crippen LogP contribution >= 0.6 is 0 Å². The highest BCUT2D eigenvalue weighted by molar-refractivity contribution is 5.89. The van der Waals surface area contributed by atoms with E-state index in [1.165, 1.54) is 12.7 Å². The molecule has 4 rings (SSSR count). The molecule has 2 aliphatic heterocycles. The van der Waals surface area contributed by atoms with Crippen molar-refractivity contribution >= 4 is 23.7 Å². The molecule has 0 unspecified atom stereocenters. The van der Waals surface area contributed by atoms with Gasteiger partial charge in [-0.15, -0.1) is 0 Å². The number of carbonyl (C=O) groups is 4. The summed E-state index contributed by atoms with van der Waals surface area (Å²) in [7, 11) is 1.36. The topological polar surface area (TPSA) is 96.0 Å². The van der Waals surface area contributed by atoms with Crippen molar-refractivity contribution in [1.29, 1.82) is 0 Å². The van der Waals surface area contributed by atoms with Gasteiger partial charge in [-0.1, -0.05) is 12.2 Å². The number of carbonyl (C=O) groups excluding carboxylic acids is 4. The van der Waals surface area contributed by atoms with Gasteiger partial charge in [-0.2, -0.15) is 0 Å². The van der Waals surface area contributed by atoms with Crippen molar-refractivity contribution in [2.75, 3.05) is 26.7 Å². The fourth-order valence-corrected chi connectivity index (χ4v) is 5.36. The quantitative estimate of drug-likeness (QED) is 0.543. The van der Waals surface area contributed by atoms with E-state index in [4.69, 9.17) is 4.74 Å². The van der Waals surface area contributed by atoms with E-state index < -0.39 is 0 Å². The highest BCUT2D eigenvalue weighted by Gasteiger charge is 2.47. The molecule has 2 saturated carbocycles. The van der Waals surface area contributed by atoms with Crippen molar-refractivity contribution in [3.8, 4) is 0 Å². The summed E-state index contributed by atoms with van der Waals surface area (Å²) in [5.41, 5.74) is 1.22. The van der Waals surface area contributed by atoms with E-state index in [9.17, 15) is 19.2 Å². The maximum Gasteiger partial charge on any atom is 0.308 e. The Kier molecular flexibility index (Phi) is 5.84. The number of amides is 3. The van der Waals surface area contributed by atoms with Crippen LogP contribution in [0.15, 0.2) is 12.2 Å². The SMILES string of the molecule is C=C1CCC(C(=O)N2CC[C@H]3[C@@H](C2)NC(=O)CN3C(=O)C2CC(C(=O)OC)C2)CC1. The van der Waals surface area contributed by atoms with Crippen molar-refractivity contribution < 1.29 is 23.9 Å². The summed E-state index contributed by atoms with van der Waals surface area (Å²) in [6.45, 7) is 5.12. The van der Waals surface area contributed by atoms with Crippen molar-refractivity contribution in [2.45, 2.75) is 57.0 Å². The minimum absolute atomic E-state index is 0.0364. The van der Waals surface area contributed by atoms with Crippen LogP contribution in [0.4, 0.5) is 0 Å². The zero-order valence-electron chi connectivity index (χ0n) is 17.6. The van der Waals surface area contributed by atoms with Crippen LogP contribution in [-0.4, -0.2) is 72.3 Å². The van der Waals surface area contributed by atoms with Gasteiger partial charge in [0.2, 0.25) is 17.7 Å². The average Bonchev–Trinajstić information content (AvgIpc) is 2.71. The number of likely N-dealkylation sites (tertiary alicyclic amines) is 1. The van der Waals surface area contributed by atoms with Gasteiger partial charge in [0.25, 0.3) is 0 Å². The Morgan fingerprint density at radius 1 is 1.03 bits per heavy atom. The maximum atomic E-state index is 13.0. The number of piperazine rings is 1. The molecule has 3 amide bonds. The third kappa shape index (κ3) is 3.96. The first-order valence-corrected chi connectivity index (χ1v) is 11.0. The lowest BCUT2D eigenvalue weighted by atomic mass is 9.73. The van der Waals surface area contributed by atoms with Crippen LogP contribution in [0, 0.1) is 17.8 Å². The van der Waals surface area contributed by atoms with Gasteiger partial charge >= 0.3 is 5.97 Å². The van der Waals surface area contributed by atoms with Gasteiger partial charge in [0, 0.05) is 24.9 Å². The number of hydrogen-bond acceptors (Lipinski definition) is 5. The third-order valence-electron chi connectivity index (χ3n) is 7.30. The van der Waals surface area contributed by atoms with E-state index in [2.05, 4.69) is 11.9 Å². The second-order valence-corrected chi connectivity index (χ2v) is 9.19. The van der Waals surface area contributed by atoms with Gasteiger partial charge < -0.3 is 19.9 Å². The first-order valence-electron chi connectivity index (χ1n) is 11.0. The Morgan fingerprint density at radius 2 is 1.73 bits per heavy atom. The highest BCUT2D eigenvalue weighted by atomic mass is 16.5. The first kappa shape index (κ1) is 20.9. The monoisotopic (exact) mass is 417 g/mol. The van der Waals surface area contributed by atoms with Crippen molar-refractivity contribution in [3.05, 3.63) is 12.2 Å². The number of hydrogen-bond donors (Lipinski definition) is 1. The van der Waals surface area contributed by atoms with Crippen molar-refractivity contribution in [3.63, 3.8) is 0 Å². The maximum absolute atomic E-state index is 13.0. The summed E-state index contributed by atoms with van der Waals surface area (Å²) in [5, 5.41) is 2.99. The zero-order valence-corrected chi connectivity index (χ0v) is 17.6. The molecule has 0 radical (unpaired) electrons. The number of ether oxygens (including phenoxy) is 1. The predicted octanol–water partition coefficient (Wildman–Crippen LogP) is 0.860. The van der Waals surface area contributed by atoms with Crippen LogP contribution in [-0.2, 0) is 23.9 Å². The van der Waals surface area contributed by atoms with Crippen LogP contribution in [0.2, 0.25) is 0 Å². The van der Waals surface area contributed by atoms with E-state index in [0.29, 0.717) is 32.4 Å². The number of piperidine rings is 1. The molecular formula is C22H31N3O5. The summed E-state index contributed by atoms with van der Waals surface area (Å²) < 4.78 is 4.75. The highest BCUT2D eigenvalue weighted by Crippen LogP contribution is 2.37. The molecule has 0 aromatic heterocycles. The number of nitrogens with one attached hydrogen (secondary N) is 1. The molecule has 30 heavy (non-hydrogen) atoms. The second-order valence-electron chi connectivity index (χ2n) is 9.19. The summed E-state index contributed by atoms with van der Waals surface area (Å²) in [4.78, 5) is 53.5. The lowest BCUT2D eigenvalue weighted by Crippen LogP contribution is -2.69. The van der Waals surface area contributed by atoms with Crippen LogP contribution in [0.5, 0.6) is 0 Å². The Balaban J connectivity index is 1.37. The van der Waals surface area contributed by atoms with Crippen LogP contribution in [0.3, 0.4) is 0 Å². The fraction of sp³-hybridized carbons (Fsp3) is 0.727. The van der Waals surface area contributed by atoms with Gasteiger partial charge in [-0.05, 0) is 44.9 Å². The fourth-order valence-electron chi connectivity index (χ4n) is 5.36. The molecule has 4 aliphatic rings. The molecule has 1 N–H and O–H groups in total. The van der Waals surface area contributed by atoms with Crippen molar-refractivity contribution in [2.24, 2.45) is 17.8 Å². The number of fused-ring (bicyclic) bond motifs is 1. The lowest BCUT2D eigenvalue weighted by Gasteiger charge is -2.49. The van der Waals surface area contributed by atoms with Crippen molar-refractivity contribution in [1.82, 2.24) is 15.1 Å². The molecule has 2 saturated heterocycles. The van der Waals surface area contributed by atoms with E-state index in [0.717, 1.165) is 25.7 Å². The summed E-state index contributed by atoms with van der Waals surface area (Å²) >= 11 is 0. The summed E-state index contributed by atoms with van der Waals surface area (Å²) in [5.74, 6) is -0.748. The average molecular weight is 418 g/mol. The van der Waals surface area contributed by atoms with Gasteiger partial charge in [-0.25, -0.2) is 0 Å². The first-order chi connectivity index (χ1) is 14.4. The molecule has 0 bridgehead atoms. The molecule has 0 aromatic carbocycles. The molecule has 8 heteroatoms. The molecular weight excluding hydrogens is 386 g/mol. The molecule has 8 nitrogen and oxygen atoms in total. The van der Waals surface area contributed by atoms with E-state index >= 15 is 0 Å². The minimum atomic E-state index is -0.272. The van der Waals surface area contributed by atoms with Gasteiger partial charge in [-0.3, -0.25) is 19.2 Å². The van der Waals surface area contributed by atoms with E-state index in [1.807, 2.05) is 4.90 Å². The minimum Gasteiger partial charge on any atom is -0.469 e. The normalized spacial score (nSPS) is 32.0. The molecule has 2 aliphatic carbocycles. The largest absolute Gasteiger partial charge is 0.469 e. The number of methoxy groups -OCH3 is 1. The molecule has 2 atom stereocenters. The molecule has 2 heterocycles. The lowest BCUT2D eigenvalue weighted by molar-refractivity contribution is -0.159. The van der Waals surface area contributed by atoms with Crippen LogP contribution < -0.4 is 5.32 Å². The van der Waals surface area contributed by atoms with Gasteiger partial charge in [0.15, 0.2) is 0 Å². The zero-order chi connectivity index (χ0) is 21.4. The number of allylic oxidation sites excluding steroid dienone is 1. The summed E-state index contributed by atoms with van der Waals surface area (Å²) in [6.07, 6.45) is 5.14. The smallest absolute Gasteiger partial charge is 0.308 e. The number of rotatable bonds is 3. The molecule has 0 aromatic rings. The van der Waals surface area contributed by atoms with Gasteiger partial charge in [0.1, 0.15) is 0 Å². The van der Waals surface area contributed by atoms with E-state index in [1.54, 1.807) is 4.90 Å². The summed E-state index contributed by atoms with van der Waals surface area (Å²) in [6, 6.07) is -0.328. The molecule has 4 fully saturated rings. The van der Waals surface area contributed by atoms with Gasteiger partial charge in [0.05, 0.1) is 31.7 Å². The third-order valence-corrected chi connectivity index (χ3v) is 7.30. The number of esters is 1. The van der Waals surface area contributed by atoms with Crippen LogP contribution in [0.25, 0.3) is 0 Å². The Hall–Kier alpha value is -2.38. The predicted molar refractivity (Wildman–Crippen MR) is 108 cm³/mol. The number of nitrogens with zero attached hydrogens (tertiary/aromatic N) is 2. The Labute approximate surface area is 177 Å². The molecule has 0 spiro atoms. The Morgan fingerprint density at radius 3 is 2.40 bits per heavy atom. The molecule has 164 valence electrons. The second kappa shape index (κ2) is 8.40. The standard InChI is InChI=1S/C22H31N3O5/c1-13-3-5-14(6-4-13)20(27)24-8-7-18-17(11-24)23-19(26)12-25(18)21(28)15-9-16(10-15)22(29)30-2/h14-18H,1,3-12H2,2H3,(H,23,26)/t15?,16?,17-,18+/m1/s1.